The lowest BCUT2D eigenvalue weighted by atomic mass is 10.2. The maximum atomic E-state index is 12.0. The highest BCUT2D eigenvalue weighted by atomic mass is 16.7. The monoisotopic (exact) mass is 354 g/mol. The smallest absolute Gasteiger partial charge is 0.321 e. The third-order valence-corrected chi connectivity index (χ3v) is 3.68. The average molecular weight is 354 g/mol. The summed E-state index contributed by atoms with van der Waals surface area (Å²) >= 11 is 0. The van der Waals surface area contributed by atoms with Crippen LogP contribution in [0.5, 0.6) is 17.2 Å². The highest BCUT2D eigenvalue weighted by Crippen LogP contribution is 2.31. The van der Waals surface area contributed by atoms with Crippen molar-refractivity contribution >= 4 is 17.8 Å². The number of nitrogens with zero attached hydrogens (tertiary/aromatic N) is 5. The van der Waals surface area contributed by atoms with Crippen molar-refractivity contribution in [1.29, 1.82) is 0 Å². The van der Waals surface area contributed by atoms with Gasteiger partial charge in [-0.05, 0) is 47.6 Å². The van der Waals surface area contributed by atoms with Crippen molar-refractivity contribution in [2.24, 2.45) is 5.10 Å². The summed E-state index contributed by atoms with van der Waals surface area (Å²) in [5.41, 5.74) is 3.93. The number of aryl methyl sites for hydroxylation is 1. The first-order valence-corrected chi connectivity index (χ1v) is 7.74. The number of hydrazone groups is 1. The molecule has 0 bridgehead atoms. The minimum atomic E-state index is -0.424. The lowest BCUT2D eigenvalue weighted by Crippen LogP contribution is -2.44. The minimum absolute atomic E-state index is 0.158. The van der Waals surface area contributed by atoms with Gasteiger partial charge in [0.15, 0.2) is 18.0 Å². The zero-order chi connectivity index (χ0) is 18.1. The zero-order valence-electron chi connectivity index (χ0n) is 13.7. The van der Waals surface area contributed by atoms with Crippen molar-refractivity contribution in [2.75, 3.05) is 6.79 Å². The minimum Gasteiger partial charge on any atom is -0.867 e. The molecule has 1 N–H and O–H groups in total. The van der Waals surface area contributed by atoms with Crippen molar-refractivity contribution in [3.63, 3.8) is 0 Å². The van der Waals surface area contributed by atoms with Crippen LogP contribution in [0.25, 0.3) is 5.65 Å². The number of amides is 1. The summed E-state index contributed by atoms with van der Waals surface area (Å²) in [4.78, 5) is 12.0. The van der Waals surface area contributed by atoms with Gasteiger partial charge in [-0.15, -0.1) is 4.68 Å². The number of benzene rings is 1. The predicted octanol–water partition coefficient (Wildman–Crippen LogP) is -0.722. The predicted molar refractivity (Wildman–Crippen MR) is 85.7 cm³/mol. The van der Waals surface area contributed by atoms with Crippen molar-refractivity contribution in [1.82, 2.24) is 20.1 Å². The molecule has 1 amide bonds. The number of carbonyl (C=O) groups is 1. The second kappa shape index (κ2) is 6.31. The van der Waals surface area contributed by atoms with E-state index in [-0.39, 0.29) is 24.7 Å². The first-order chi connectivity index (χ1) is 12.6. The fraction of sp³-hybridized carbons (Fsp3) is 0.188. The normalized spacial score (nSPS) is 12.8. The first-order valence-electron chi connectivity index (χ1n) is 7.74. The summed E-state index contributed by atoms with van der Waals surface area (Å²) in [6, 6.07) is 6.71. The Bertz CT molecular complexity index is 1030. The lowest BCUT2D eigenvalue weighted by molar-refractivity contribution is -0.717. The first kappa shape index (κ1) is 15.8. The Labute approximate surface area is 147 Å². The quantitative estimate of drug-likeness (QED) is 0.375. The summed E-state index contributed by atoms with van der Waals surface area (Å²) in [5, 5.41) is 24.1. The Morgan fingerprint density at radius 2 is 2.27 bits per heavy atom. The summed E-state index contributed by atoms with van der Waals surface area (Å²) in [7, 11) is 0. The maximum absolute atomic E-state index is 12.0. The molecule has 1 aliphatic rings. The van der Waals surface area contributed by atoms with E-state index in [1.165, 1.54) is 27.8 Å². The van der Waals surface area contributed by atoms with Gasteiger partial charge in [0.25, 0.3) is 12.2 Å². The van der Waals surface area contributed by atoms with E-state index in [1.54, 1.807) is 25.1 Å². The molecule has 3 aromatic rings. The van der Waals surface area contributed by atoms with Gasteiger partial charge in [0, 0.05) is 0 Å². The molecule has 2 aromatic heterocycles. The topological polar surface area (TPSA) is 117 Å². The molecule has 0 saturated carbocycles. The fourth-order valence-electron chi connectivity index (χ4n) is 2.56. The van der Waals surface area contributed by atoms with Gasteiger partial charge < -0.3 is 14.6 Å². The summed E-state index contributed by atoms with van der Waals surface area (Å²) in [5.74, 6) is 0.622. The molecule has 0 atom stereocenters. The van der Waals surface area contributed by atoms with E-state index in [1.807, 2.05) is 0 Å². The van der Waals surface area contributed by atoms with E-state index in [9.17, 15) is 9.90 Å². The molecule has 26 heavy (non-hydrogen) atoms. The van der Waals surface area contributed by atoms with Crippen LogP contribution in [0.2, 0.25) is 0 Å². The molecule has 0 spiro atoms. The van der Waals surface area contributed by atoms with Gasteiger partial charge in [0.05, 0.1) is 11.9 Å². The second-order valence-electron chi connectivity index (χ2n) is 5.61. The number of fused-ring (bicyclic) bond motifs is 2. The molecule has 1 aliphatic heterocycles. The number of nitrogens with one attached hydrogen (secondary N) is 1. The Morgan fingerprint density at radius 3 is 3.15 bits per heavy atom. The van der Waals surface area contributed by atoms with Crippen LogP contribution in [0.1, 0.15) is 11.3 Å². The third kappa shape index (κ3) is 2.99. The van der Waals surface area contributed by atoms with Crippen LogP contribution in [-0.2, 0) is 11.3 Å². The maximum Gasteiger partial charge on any atom is 0.321 e. The number of carbonyl (C=O) groups excluding carboxylic acids is 1. The molecule has 4 rings (SSSR count). The molecule has 3 heterocycles. The van der Waals surface area contributed by atoms with E-state index in [4.69, 9.17) is 9.47 Å². The Hall–Kier alpha value is -3.69. The summed E-state index contributed by atoms with van der Waals surface area (Å²) in [6.07, 6.45) is 2.87. The van der Waals surface area contributed by atoms with Gasteiger partial charge in [0.2, 0.25) is 6.79 Å². The SMILES string of the molecule is Cc1cc([O-])c2n(cn[n+]2CC(=O)N/N=C/c2ccc3c(c2)OCO3)n1. The molecular weight excluding hydrogens is 340 g/mol. The van der Waals surface area contributed by atoms with Crippen LogP contribution < -0.4 is 24.7 Å². The number of rotatable bonds is 4. The van der Waals surface area contributed by atoms with E-state index >= 15 is 0 Å². The van der Waals surface area contributed by atoms with Crippen molar-refractivity contribution in [2.45, 2.75) is 13.5 Å². The Balaban J connectivity index is 1.43. The molecule has 132 valence electrons. The zero-order valence-corrected chi connectivity index (χ0v) is 13.7. The van der Waals surface area contributed by atoms with Crippen molar-refractivity contribution < 1.29 is 24.1 Å². The number of aromatic nitrogens is 4. The van der Waals surface area contributed by atoms with Crippen LogP contribution >= 0.6 is 0 Å². The van der Waals surface area contributed by atoms with Crippen molar-refractivity contribution in [3.8, 4) is 17.2 Å². The molecule has 0 aliphatic carbocycles. The van der Waals surface area contributed by atoms with Gasteiger partial charge in [-0.1, -0.05) is 9.61 Å². The van der Waals surface area contributed by atoms with Crippen LogP contribution in [0.4, 0.5) is 0 Å². The Kier molecular flexibility index (Phi) is 3.84. The van der Waals surface area contributed by atoms with Crippen LogP contribution in [0, 0.1) is 6.92 Å². The van der Waals surface area contributed by atoms with Gasteiger partial charge in [-0.25, -0.2) is 5.43 Å². The third-order valence-electron chi connectivity index (χ3n) is 3.68. The molecule has 0 fully saturated rings. The molecule has 10 nitrogen and oxygen atoms in total. The molecule has 0 radical (unpaired) electrons. The number of hydrogen-bond donors (Lipinski definition) is 1. The van der Waals surface area contributed by atoms with Crippen LogP contribution in [-0.4, -0.2) is 33.6 Å². The molecular formula is C16H14N6O4. The standard InChI is InChI=1S/C16H14N6O4/c1-10-4-12(23)16-21(18-8-22(16)20-10)7-15(24)19-17-6-11-2-3-13-14(5-11)26-9-25-13/h2-6,8H,7,9H2,1H3,(H-,19,20,23,24)/b17-6+. The molecule has 0 unspecified atom stereocenters. The van der Waals surface area contributed by atoms with Gasteiger partial charge in [-0.2, -0.15) is 5.10 Å². The number of hydrogen-bond acceptors (Lipinski definition) is 7. The fourth-order valence-corrected chi connectivity index (χ4v) is 2.56. The number of ether oxygens (including phenoxy) is 2. The molecule has 10 heteroatoms. The molecule has 0 saturated heterocycles. The van der Waals surface area contributed by atoms with E-state index in [0.717, 1.165) is 5.56 Å². The van der Waals surface area contributed by atoms with E-state index < -0.39 is 5.91 Å². The van der Waals surface area contributed by atoms with Crippen molar-refractivity contribution in [3.05, 3.63) is 41.9 Å². The summed E-state index contributed by atoms with van der Waals surface area (Å²) < 4.78 is 13.1. The average Bonchev–Trinajstić information content (AvgIpc) is 3.21. The van der Waals surface area contributed by atoms with E-state index in [2.05, 4.69) is 20.7 Å². The lowest BCUT2D eigenvalue weighted by Gasteiger charge is -2.04. The Morgan fingerprint density at radius 1 is 1.42 bits per heavy atom. The second-order valence-corrected chi connectivity index (χ2v) is 5.61. The van der Waals surface area contributed by atoms with Gasteiger partial charge in [-0.3, -0.25) is 4.79 Å². The highest BCUT2D eigenvalue weighted by molar-refractivity contribution is 5.83. The van der Waals surface area contributed by atoms with E-state index in [0.29, 0.717) is 17.2 Å². The summed E-state index contributed by atoms with van der Waals surface area (Å²) in [6.45, 7) is 1.75. The largest absolute Gasteiger partial charge is 0.867 e. The molecule has 1 aromatic carbocycles. The van der Waals surface area contributed by atoms with Gasteiger partial charge in [0.1, 0.15) is 0 Å². The van der Waals surface area contributed by atoms with Crippen LogP contribution in [0.3, 0.4) is 0 Å². The van der Waals surface area contributed by atoms with Crippen LogP contribution in [0.15, 0.2) is 35.7 Å². The highest BCUT2D eigenvalue weighted by Gasteiger charge is 2.17. The van der Waals surface area contributed by atoms with Gasteiger partial charge >= 0.3 is 5.65 Å².